The number of nitrogens with zero attached hydrogens (tertiary/aromatic N) is 2. The summed E-state index contributed by atoms with van der Waals surface area (Å²) in [5.41, 5.74) is 0. The van der Waals surface area contributed by atoms with E-state index in [4.69, 9.17) is 4.74 Å². The predicted molar refractivity (Wildman–Crippen MR) is 77.6 cm³/mol. The highest BCUT2D eigenvalue weighted by Crippen LogP contribution is 2.28. The van der Waals surface area contributed by atoms with E-state index in [1.165, 1.54) is 0 Å². The van der Waals surface area contributed by atoms with Crippen LogP contribution in [0.25, 0.3) is 0 Å². The summed E-state index contributed by atoms with van der Waals surface area (Å²) in [7, 11) is 0. The van der Waals surface area contributed by atoms with Gasteiger partial charge in [-0.15, -0.1) is 0 Å². The lowest BCUT2D eigenvalue weighted by molar-refractivity contribution is -0.00834. The van der Waals surface area contributed by atoms with Crippen LogP contribution in [0.4, 0.5) is 4.79 Å². The predicted octanol–water partition coefficient (Wildman–Crippen LogP) is 1.84. The average molecular weight is 284 g/mol. The normalized spacial score (nSPS) is 30.6. The van der Waals surface area contributed by atoms with Crippen LogP contribution < -0.4 is 0 Å². The fourth-order valence-corrected chi connectivity index (χ4v) is 3.53. The van der Waals surface area contributed by atoms with Crippen molar-refractivity contribution in [2.24, 2.45) is 0 Å². The van der Waals surface area contributed by atoms with Gasteiger partial charge in [0.2, 0.25) is 0 Å². The lowest BCUT2D eigenvalue weighted by atomic mass is 9.99. The molecule has 0 bridgehead atoms. The van der Waals surface area contributed by atoms with Crippen LogP contribution in [-0.4, -0.2) is 64.4 Å². The number of piperidine rings is 1. The first-order valence-corrected chi connectivity index (χ1v) is 7.81. The molecule has 0 aromatic heterocycles. The van der Waals surface area contributed by atoms with Gasteiger partial charge in [-0.2, -0.15) is 0 Å². The van der Waals surface area contributed by atoms with Crippen molar-refractivity contribution in [1.82, 2.24) is 9.80 Å². The van der Waals surface area contributed by atoms with Gasteiger partial charge < -0.3 is 14.7 Å². The number of fused-ring (bicyclic) bond motifs is 1. The fraction of sp³-hybridized carbons (Fsp3) is 0.933. The molecule has 5 heteroatoms. The molecule has 2 rings (SSSR count). The van der Waals surface area contributed by atoms with Crippen LogP contribution in [-0.2, 0) is 4.74 Å². The molecule has 2 fully saturated rings. The van der Waals surface area contributed by atoms with Gasteiger partial charge in [-0.1, -0.05) is 0 Å². The minimum absolute atomic E-state index is 0.0379. The number of carbonyl (C=O) groups excluding carboxylic acids is 1. The highest BCUT2D eigenvalue weighted by Gasteiger charge is 2.39. The van der Waals surface area contributed by atoms with Crippen LogP contribution in [0.15, 0.2) is 0 Å². The van der Waals surface area contributed by atoms with Crippen LogP contribution in [0.5, 0.6) is 0 Å². The van der Waals surface area contributed by atoms with Gasteiger partial charge in [-0.05, 0) is 47.0 Å². The molecule has 2 aliphatic heterocycles. The van der Waals surface area contributed by atoms with Gasteiger partial charge in [-0.25, -0.2) is 4.79 Å². The van der Waals surface area contributed by atoms with E-state index in [9.17, 15) is 9.90 Å². The molecular formula is C15H28N2O3. The third-order valence-corrected chi connectivity index (χ3v) is 4.44. The Bertz CT molecular complexity index is 338. The van der Waals surface area contributed by atoms with E-state index in [0.29, 0.717) is 0 Å². The monoisotopic (exact) mass is 284 g/mol. The first kappa shape index (κ1) is 15.6. The molecular weight excluding hydrogens is 256 g/mol. The molecule has 0 spiro atoms. The largest absolute Gasteiger partial charge is 0.445 e. The zero-order valence-electron chi connectivity index (χ0n) is 13.1. The van der Waals surface area contributed by atoms with E-state index in [1.54, 1.807) is 4.90 Å². The van der Waals surface area contributed by atoms with Crippen LogP contribution in [0.3, 0.4) is 0 Å². The molecule has 0 aromatic carbocycles. The minimum Gasteiger partial charge on any atom is -0.445 e. The van der Waals surface area contributed by atoms with Crippen LogP contribution >= 0.6 is 0 Å². The third kappa shape index (κ3) is 3.26. The van der Waals surface area contributed by atoms with E-state index in [2.05, 4.69) is 4.90 Å². The number of hydrogen-bond donors (Lipinski definition) is 1. The van der Waals surface area contributed by atoms with Gasteiger partial charge in [0.15, 0.2) is 0 Å². The Morgan fingerprint density at radius 2 is 1.85 bits per heavy atom. The Labute approximate surface area is 121 Å². The maximum Gasteiger partial charge on any atom is 0.410 e. The zero-order chi connectivity index (χ0) is 14.9. The standard InChI is InChI=1S/C15H28N2O3/c1-10(2)17(11(3)4)15(19)20-12-5-6-13-14(18)7-8-16(13)9-12/h10-14,18H,5-9H2,1-4H3/t12-,13+,14+/m1/s1. The molecule has 0 radical (unpaired) electrons. The van der Waals surface area contributed by atoms with Gasteiger partial charge in [0, 0.05) is 31.2 Å². The lowest BCUT2D eigenvalue weighted by Crippen LogP contribution is -2.49. The van der Waals surface area contributed by atoms with Gasteiger partial charge in [0.05, 0.1) is 6.10 Å². The van der Waals surface area contributed by atoms with Gasteiger partial charge >= 0.3 is 6.09 Å². The quantitative estimate of drug-likeness (QED) is 0.859. The first-order valence-electron chi connectivity index (χ1n) is 7.81. The van der Waals surface area contributed by atoms with Crippen molar-refractivity contribution in [3.05, 3.63) is 0 Å². The summed E-state index contributed by atoms with van der Waals surface area (Å²) in [6.45, 7) is 9.71. The van der Waals surface area contributed by atoms with Crippen molar-refractivity contribution < 1.29 is 14.6 Å². The second-order valence-electron chi connectivity index (χ2n) is 6.60. The number of hydrogen-bond acceptors (Lipinski definition) is 4. The summed E-state index contributed by atoms with van der Waals surface area (Å²) in [4.78, 5) is 16.3. The van der Waals surface area contributed by atoms with Crippen LogP contribution in [0.2, 0.25) is 0 Å². The molecule has 0 saturated carbocycles. The molecule has 3 atom stereocenters. The van der Waals surface area contributed by atoms with E-state index in [1.807, 2.05) is 27.7 Å². The molecule has 2 heterocycles. The van der Waals surface area contributed by atoms with E-state index in [0.717, 1.165) is 32.4 Å². The molecule has 0 aliphatic carbocycles. The van der Waals surface area contributed by atoms with Crippen molar-refractivity contribution in [3.63, 3.8) is 0 Å². The summed E-state index contributed by atoms with van der Waals surface area (Å²) < 4.78 is 5.68. The zero-order valence-corrected chi connectivity index (χ0v) is 13.1. The van der Waals surface area contributed by atoms with Crippen molar-refractivity contribution in [3.8, 4) is 0 Å². The SMILES string of the molecule is CC(C)N(C(=O)O[C@@H]1CC[C@H]2[C@@H](O)CCN2C1)C(C)C. The molecule has 1 amide bonds. The first-order chi connectivity index (χ1) is 9.40. The summed E-state index contributed by atoms with van der Waals surface area (Å²) in [6, 6.07) is 0.566. The number of carbonyl (C=O) groups is 1. The van der Waals surface area contributed by atoms with Crippen molar-refractivity contribution in [2.75, 3.05) is 13.1 Å². The second-order valence-corrected chi connectivity index (χ2v) is 6.60. The smallest absolute Gasteiger partial charge is 0.410 e. The van der Waals surface area contributed by atoms with E-state index < -0.39 is 0 Å². The summed E-state index contributed by atoms with van der Waals surface area (Å²) in [6.07, 6.45) is 2.17. The molecule has 0 unspecified atom stereocenters. The second kappa shape index (κ2) is 6.31. The molecule has 1 N–H and O–H groups in total. The highest BCUT2D eigenvalue weighted by atomic mass is 16.6. The molecule has 5 nitrogen and oxygen atoms in total. The van der Waals surface area contributed by atoms with Gasteiger partial charge in [-0.3, -0.25) is 4.90 Å². The number of aliphatic hydroxyl groups is 1. The van der Waals surface area contributed by atoms with Gasteiger partial charge in [0.1, 0.15) is 6.10 Å². The fourth-order valence-electron chi connectivity index (χ4n) is 3.53. The van der Waals surface area contributed by atoms with Crippen molar-refractivity contribution >= 4 is 6.09 Å². The number of aliphatic hydroxyl groups excluding tert-OH is 1. The third-order valence-electron chi connectivity index (χ3n) is 4.44. The van der Waals surface area contributed by atoms with Crippen LogP contribution in [0, 0.1) is 0 Å². The topological polar surface area (TPSA) is 53.0 Å². The Morgan fingerprint density at radius 1 is 1.20 bits per heavy atom. The Hall–Kier alpha value is -0.810. The number of rotatable bonds is 3. The van der Waals surface area contributed by atoms with E-state index in [-0.39, 0.29) is 36.4 Å². The maximum absolute atomic E-state index is 12.3. The lowest BCUT2D eigenvalue weighted by Gasteiger charge is -2.37. The number of amides is 1. The van der Waals surface area contributed by atoms with Crippen molar-refractivity contribution in [1.29, 1.82) is 0 Å². The van der Waals surface area contributed by atoms with E-state index >= 15 is 0 Å². The maximum atomic E-state index is 12.3. The molecule has 116 valence electrons. The summed E-state index contributed by atoms with van der Waals surface area (Å²) in [5.74, 6) is 0. The summed E-state index contributed by atoms with van der Waals surface area (Å²) in [5, 5.41) is 9.87. The molecule has 0 aromatic rings. The highest BCUT2D eigenvalue weighted by molar-refractivity contribution is 5.68. The Balaban J connectivity index is 1.89. The van der Waals surface area contributed by atoms with Crippen LogP contribution in [0.1, 0.15) is 47.0 Å². The number of ether oxygens (including phenoxy) is 1. The van der Waals surface area contributed by atoms with Gasteiger partial charge in [0.25, 0.3) is 0 Å². The Morgan fingerprint density at radius 3 is 2.45 bits per heavy atom. The minimum atomic E-state index is -0.210. The molecule has 20 heavy (non-hydrogen) atoms. The summed E-state index contributed by atoms with van der Waals surface area (Å²) >= 11 is 0. The molecule has 2 aliphatic rings. The Kier molecular flexibility index (Phi) is 4.91. The average Bonchev–Trinajstić information content (AvgIpc) is 2.69. The molecule has 2 saturated heterocycles. The van der Waals surface area contributed by atoms with Crippen molar-refractivity contribution in [2.45, 2.75) is 77.3 Å².